The van der Waals surface area contributed by atoms with Gasteiger partial charge in [0.2, 0.25) is 11.8 Å². The lowest BCUT2D eigenvalue weighted by atomic mass is 10.1. The van der Waals surface area contributed by atoms with Crippen LogP contribution in [0.15, 0.2) is 77.7 Å². The number of nitrogens with one attached hydrogen (secondary N) is 3. The molecule has 0 amide bonds. The van der Waals surface area contributed by atoms with Crippen LogP contribution in [0.5, 0.6) is 0 Å². The minimum atomic E-state index is -0.768. The molecule has 210 valence electrons. The SMILES string of the molecule is C=N.CCCC.CCCCSc1ccc(C(=N)OCc2cccc(C(N)OC(=N)c3ccc(C)cc3)c2)cc1. The van der Waals surface area contributed by atoms with E-state index in [1.165, 1.54) is 30.6 Å². The molecule has 1 atom stereocenters. The Morgan fingerprint density at radius 3 is 2.03 bits per heavy atom. The Morgan fingerprint density at radius 1 is 0.846 bits per heavy atom. The lowest BCUT2D eigenvalue weighted by Gasteiger charge is -2.16. The third kappa shape index (κ3) is 12.8. The molecule has 0 aromatic heterocycles. The molecule has 7 heteroatoms. The first-order chi connectivity index (χ1) is 18.9. The average Bonchev–Trinajstić information content (AvgIpc) is 2.98. The quantitative estimate of drug-likeness (QED) is 0.0632. The summed E-state index contributed by atoms with van der Waals surface area (Å²) in [5, 5.41) is 21.9. The van der Waals surface area contributed by atoms with Crippen molar-refractivity contribution in [1.29, 1.82) is 16.2 Å². The Kier molecular flexibility index (Phi) is 16.9. The van der Waals surface area contributed by atoms with Crippen molar-refractivity contribution < 1.29 is 9.47 Å². The normalized spacial score (nSPS) is 10.7. The van der Waals surface area contributed by atoms with Crippen LogP contribution in [0.4, 0.5) is 0 Å². The number of hydrogen-bond acceptors (Lipinski definition) is 7. The number of rotatable bonds is 11. The lowest BCUT2D eigenvalue weighted by molar-refractivity contribution is 0.198. The van der Waals surface area contributed by atoms with Gasteiger partial charge in [0.25, 0.3) is 0 Å². The molecule has 3 rings (SSSR count). The maximum Gasteiger partial charge on any atom is 0.215 e. The molecule has 0 aliphatic carbocycles. The highest BCUT2D eigenvalue weighted by Crippen LogP contribution is 2.21. The van der Waals surface area contributed by atoms with Crippen LogP contribution in [0.2, 0.25) is 0 Å². The Bertz CT molecular complexity index is 1120. The Morgan fingerprint density at radius 2 is 1.44 bits per heavy atom. The minimum Gasteiger partial charge on any atom is -0.473 e. The molecule has 1 unspecified atom stereocenters. The summed E-state index contributed by atoms with van der Waals surface area (Å²) in [6, 6.07) is 23.0. The van der Waals surface area contributed by atoms with Crippen molar-refractivity contribution in [3.05, 3.63) is 101 Å². The van der Waals surface area contributed by atoms with Gasteiger partial charge in [0.15, 0.2) is 6.23 Å². The van der Waals surface area contributed by atoms with Crippen LogP contribution < -0.4 is 5.73 Å². The number of aryl methyl sites for hydroxylation is 1. The lowest BCUT2D eigenvalue weighted by Crippen LogP contribution is -2.19. The van der Waals surface area contributed by atoms with Gasteiger partial charge in [0, 0.05) is 21.6 Å². The van der Waals surface area contributed by atoms with E-state index in [1.807, 2.05) is 91.5 Å². The fraction of sp³-hybridized carbons (Fsp3) is 0.344. The zero-order valence-corrected chi connectivity index (χ0v) is 24.6. The molecule has 0 aliphatic heterocycles. The van der Waals surface area contributed by atoms with Crippen LogP contribution in [0.1, 0.15) is 80.5 Å². The Hall–Kier alpha value is -3.42. The van der Waals surface area contributed by atoms with Crippen molar-refractivity contribution >= 4 is 30.3 Å². The van der Waals surface area contributed by atoms with Crippen molar-refractivity contribution in [2.45, 2.75) is 71.1 Å². The van der Waals surface area contributed by atoms with E-state index in [1.54, 1.807) is 0 Å². The molecule has 5 N–H and O–H groups in total. The number of ether oxygens (including phenoxy) is 2. The van der Waals surface area contributed by atoms with Gasteiger partial charge in [-0.3, -0.25) is 16.6 Å². The maximum absolute atomic E-state index is 8.25. The van der Waals surface area contributed by atoms with Crippen LogP contribution in [-0.4, -0.2) is 24.3 Å². The van der Waals surface area contributed by atoms with Gasteiger partial charge in [-0.15, -0.1) is 11.8 Å². The first-order valence-electron chi connectivity index (χ1n) is 13.3. The number of hydrogen-bond donors (Lipinski definition) is 4. The van der Waals surface area contributed by atoms with Crippen molar-refractivity contribution in [3.8, 4) is 0 Å². The summed E-state index contributed by atoms with van der Waals surface area (Å²) in [7, 11) is 0. The van der Waals surface area contributed by atoms with Gasteiger partial charge in [0.1, 0.15) is 6.61 Å². The molecular formula is C32H44N4O2S. The first-order valence-corrected chi connectivity index (χ1v) is 14.3. The van der Waals surface area contributed by atoms with Gasteiger partial charge in [-0.1, -0.05) is 75.9 Å². The van der Waals surface area contributed by atoms with Gasteiger partial charge >= 0.3 is 0 Å². The third-order valence-corrected chi connectivity index (χ3v) is 6.70. The molecule has 3 aromatic rings. The molecule has 0 bridgehead atoms. The summed E-state index contributed by atoms with van der Waals surface area (Å²) in [6.45, 7) is 11.3. The fourth-order valence-corrected chi connectivity index (χ4v) is 4.10. The van der Waals surface area contributed by atoms with E-state index < -0.39 is 6.23 Å². The highest BCUT2D eigenvalue weighted by molar-refractivity contribution is 7.99. The Labute approximate surface area is 238 Å². The summed E-state index contributed by atoms with van der Waals surface area (Å²) in [5.74, 6) is 1.27. The summed E-state index contributed by atoms with van der Waals surface area (Å²) in [5.41, 5.74) is 10.4. The standard InChI is InChI=1S/C27H31N3O2S.C4H10.CH3N/c1-3-4-16-33-24-14-12-21(13-15-24)25(28)31-18-20-6-5-7-23(17-20)27(30)32-26(29)22-10-8-19(2)9-11-22;1-3-4-2;1-2/h5-15,17,27-29H,3-4,16,18,30H2,1-2H3;3-4H2,1-2H3;2H,1H2. The monoisotopic (exact) mass is 548 g/mol. The highest BCUT2D eigenvalue weighted by Gasteiger charge is 2.12. The van der Waals surface area contributed by atoms with E-state index >= 15 is 0 Å². The smallest absolute Gasteiger partial charge is 0.215 e. The number of thioether (sulfide) groups is 1. The first kappa shape index (κ1) is 33.6. The van der Waals surface area contributed by atoms with Crippen molar-refractivity contribution in [3.63, 3.8) is 0 Å². The molecule has 0 saturated heterocycles. The maximum atomic E-state index is 8.25. The van der Waals surface area contributed by atoms with Crippen LogP contribution in [0, 0.1) is 23.2 Å². The second kappa shape index (κ2) is 19.6. The fourth-order valence-electron chi connectivity index (χ4n) is 3.10. The molecule has 0 radical (unpaired) electrons. The van der Waals surface area contributed by atoms with Crippen LogP contribution >= 0.6 is 11.8 Å². The van der Waals surface area contributed by atoms with Crippen molar-refractivity contribution in [2.24, 2.45) is 5.73 Å². The molecule has 0 heterocycles. The van der Waals surface area contributed by atoms with E-state index in [9.17, 15) is 0 Å². The zero-order valence-electron chi connectivity index (χ0n) is 23.8. The average molecular weight is 549 g/mol. The highest BCUT2D eigenvalue weighted by atomic mass is 32.2. The number of nitrogens with two attached hydrogens (primary N) is 1. The topological polar surface area (TPSA) is 116 Å². The van der Waals surface area contributed by atoms with Crippen LogP contribution in [-0.2, 0) is 16.1 Å². The predicted molar refractivity (Wildman–Crippen MR) is 167 cm³/mol. The van der Waals surface area contributed by atoms with Gasteiger partial charge in [0.05, 0.1) is 0 Å². The summed E-state index contributed by atoms with van der Waals surface area (Å²) < 4.78 is 11.3. The summed E-state index contributed by atoms with van der Waals surface area (Å²) in [6.07, 6.45) is 4.26. The molecular weight excluding hydrogens is 504 g/mol. The van der Waals surface area contributed by atoms with E-state index in [0.717, 1.165) is 28.0 Å². The van der Waals surface area contributed by atoms with Crippen LogP contribution in [0.25, 0.3) is 0 Å². The molecule has 0 spiro atoms. The van der Waals surface area contributed by atoms with E-state index in [-0.39, 0.29) is 18.4 Å². The van der Waals surface area contributed by atoms with Gasteiger partial charge in [-0.2, -0.15) is 0 Å². The third-order valence-electron chi connectivity index (χ3n) is 5.60. The molecule has 6 nitrogen and oxygen atoms in total. The van der Waals surface area contributed by atoms with Gasteiger partial charge in [-0.05, 0) is 73.8 Å². The minimum absolute atomic E-state index is 0.0298. The van der Waals surface area contributed by atoms with Gasteiger partial charge in [-0.25, -0.2) is 0 Å². The Balaban J connectivity index is 0.00000116. The van der Waals surface area contributed by atoms with Crippen LogP contribution in [0.3, 0.4) is 0 Å². The second-order valence-corrected chi connectivity index (χ2v) is 9.99. The molecule has 3 aromatic carbocycles. The number of unbranched alkanes of at least 4 members (excludes halogenated alkanes) is 2. The van der Waals surface area contributed by atoms with Gasteiger partial charge < -0.3 is 14.9 Å². The van der Waals surface area contributed by atoms with Crippen molar-refractivity contribution in [2.75, 3.05) is 5.75 Å². The molecule has 0 saturated carbocycles. The molecule has 0 aliphatic rings. The van der Waals surface area contributed by atoms with E-state index in [4.69, 9.17) is 31.4 Å². The van der Waals surface area contributed by atoms with Crippen molar-refractivity contribution in [1.82, 2.24) is 0 Å². The summed E-state index contributed by atoms with van der Waals surface area (Å²) >= 11 is 1.83. The zero-order chi connectivity index (χ0) is 29.0. The molecule has 39 heavy (non-hydrogen) atoms. The predicted octanol–water partition coefficient (Wildman–Crippen LogP) is 8.50. The molecule has 0 fully saturated rings. The second-order valence-electron chi connectivity index (χ2n) is 8.82. The largest absolute Gasteiger partial charge is 0.473 e. The number of benzene rings is 3. The van der Waals surface area contributed by atoms with E-state index in [2.05, 4.69) is 27.5 Å². The summed E-state index contributed by atoms with van der Waals surface area (Å²) in [4.78, 5) is 1.21. The van der Waals surface area contributed by atoms with E-state index in [0.29, 0.717) is 5.56 Å².